The van der Waals surface area contributed by atoms with E-state index in [9.17, 15) is 22.8 Å². The third-order valence-electron chi connectivity index (χ3n) is 5.99. The maximum absolute atomic E-state index is 12.9. The Balaban J connectivity index is 1.99. The lowest BCUT2D eigenvalue weighted by molar-refractivity contribution is -0.195. The zero-order chi connectivity index (χ0) is 22.1. The first-order valence-electron chi connectivity index (χ1n) is 10.2. The fraction of sp³-hybridized carbons (Fsp3) is 0.619. The van der Waals surface area contributed by atoms with Crippen molar-refractivity contribution >= 4 is 11.9 Å². The molecule has 0 aromatic rings. The number of amides is 1. The van der Waals surface area contributed by atoms with Crippen LogP contribution >= 0.6 is 0 Å². The SMILES string of the molecule is CC1(C)CC=C(C2NC(C3CCNCC3)=C(C(N)=O)C=C2OC(=O)C(F)(F)F)CC1. The highest BCUT2D eigenvalue weighted by Crippen LogP contribution is 2.39. The van der Waals surface area contributed by atoms with Gasteiger partial charge in [-0.3, -0.25) is 4.79 Å². The molecule has 166 valence electrons. The molecule has 2 aliphatic heterocycles. The number of allylic oxidation sites excluding steroid dienone is 2. The molecule has 1 fully saturated rings. The zero-order valence-electron chi connectivity index (χ0n) is 17.2. The zero-order valence-corrected chi connectivity index (χ0v) is 17.2. The molecular formula is C21H28F3N3O3. The molecule has 1 saturated heterocycles. The highest BCUT2D eigenvalue weighted by Gasteiger charge is 2.44. The van der Waals surface area contributed by atoms with Crippen molar-refractivity contribution in [3.05, 3.63) is 34.8 Å². The van der Waals surface area contributed by atoms with Crippen LogP contribution in [0.25, 0.3) is 0 Å². The quantitative estimate of drug-likeness (QED) is 0.474. The van der Waals surface area contributed by atoms with Gasteiger partial charge >= 0.3 is 12.1 Å². The molecule has 0 aromatic carbocycles. The van der Waals surface area contributed by atoms with Gasteiger partial charge in [-0.2, -0.15) is 13.2 Å². The third-order valence-corrected chi connectivity index (χ3v) is 5.99. The van der Waals surface area contributed by atoms with E-state index in [-0.39, 0.29) is 22.7 Å². The second-order valence-corrected chi connectivity index (χ2v) is 8.87. The number of carbonyl (C=O) groups is 2. The van der Waals surface area contributed by atoms with Crippen LogP contribution < -0.4 is 16.4 Å². The van der Waals surface area contributed by atoms with Crippen molar-refractivity contribution in [2.24, 2.45) is 17.1 Å². The molecule has 9 heteroatoms. The van der Waals surface area contributed by atoms with Crippen LogP contribution in [0.4, 0.5) is 13.2 Å². The Kier molecular flexibility index (Phi) is 6.31. The molecule has 2 heterocycles. The Morgan fingerprint density at radius 1 is 1.23 bits per heavy atom. The van der Waals surface area contributed by atoms with E-state index in [1.807, 2.05) is 6.08 Å². The van der Waals surface area contributed by atoms with Gasteiger partial charge < -0.3 is 21.1 Å². The maximum atomic E-state index is 12.9. The van der Waals surface area contributed by atoms with Gasteiger partial charge in [0.1, 0.15) is 11.8 Å². The van der Waals surface area contributed by atoms with Gasteiger partial charge in [0.25, 0.3) is 5.91 Å². The summed E-state index contributed by atoms with van der Waals surface area (Å²) in [4.78, 5) is 23.6. The Bertz CT molecular complexity index is 806. The molecule has 0 radical (unpaired) electrons. The van der Waals surface area contributed by atoms with Crippen LogP contribution in [0.3, 0.4) is 0 Å². The summed E-state index contributed by atoms with van der Waals surface area (Å²) in [5.74, 6) is -3.30. The number of carbonyl (C=O) groups excluding carboxylic acids is 2. The summed E-state index contributed by atoms with van der Waals surface area (Å²) < 4.78 is 43.3. The lowest BCUT2D eigenvalue weighted by Gasteiger charge is -2.38. The lowest BCUT2D eigenvalue weighted by Crippen LogP contribution is -2.44. The van der Waals surface area contributed by atoms with Crippen LogP contribution in [0.2, 0.25) is 0 Å². The third kappa shape index (κ3) is 5.06. The van der Waals surface area contributed by atoms with Crippen molar-refractivity contribution < 1.29 is 27.5 Å². The second kappa shape index (κ2) is 8.45. The standard InChI is InChI=1S/C21H28F3N3O3/c1-20(2)7-3-12(4-8-20)17-15(30-19(29)21(22,23)24)11-14(18(25)28)16(27-17)13-5-9-26-10-6-13/h3,11,13,17,26-27H,4-10H2,1-2H3,(H2,25,28). The van der Waals surface area contributed by atoms with Crippen molar-refractivity contribution in [2.75, 3.05) is 13.1 Å². The molecular weight excluding hydrogens is 399 g/mol. The number of piperidine rings is 1. The van der Waals surface area contributed by atoms with Gasteiger partial charge in [0, 0.05) is 11.6 Å². The van der Waals surface area contributed by atoms with Gasteiger partial charge in [-0.25, -0.2) is 4.79 Å². The summed E-state index contributed by atoms with van der Waals surface area (Å²) in [6, 6.07) is -0.736. The molecule has 4 N–H and O–H groups in total. The molecule has 1 aliphatic carbocycles. The number of dihydropyridines is 1. The number of alkyl halides is 3. The van der Waals surface area contributed by atoms with E-state index < -0.39 is 24.1 Å². The van der Waals surface area contributed by atoms with E-state index in [4.69, 9.17) is 10.5 Å². The van der Waals surface area contributed by atoms with Crippen LogP contribution in [0.1, 0.15) is 46.0 Å². The van der Waals surface area contributed by atoms with E-state index in [1.54, 1.807) is 0 Å². The van der Waals surface area contributed by atoms with Gasteiger partial charge in [0.05, 0.1) is 5.57 Å². The molecule has 6 nitrogen and oxygen atoms in total. The topological polar surface area (TPSA) is 93.5 Å². The van der Waals surface area contributed by atoms with Crippen molar-refractivity contribution in [2.45, 2.75) is 58.2 Å². The van der Waals surface area contributed by atoms with Crippen molar-refractivity contribution in [3.63, 3.8) is 0 Å². The molecule has 30 heavy (non-hydrogen) atoms. The number of halogens is 3. The average molecular weight is 427 g/mol. The number of primary amides is 1. The Morgan fingerprint density at radius 2 is 1.90 bits per heavy atom. The second-order valence-electron chi connectivity index (χ2n) is 8.87. The molecule has 0 spiro atoms. The lowest BCUT2D eigenvalue weighted by atomic mass is 9.76. The minimum absolute atomic E-state index is 0.0213. The fourth-order valence-electron chi connectivity index (χ4n) is 4.15. The normalized spacial score (nSPS) is 25.2. The molecule has 1 atom stereocenters. The number of nitrogens with one attached hydrogen (secondary N) is 2. The number of ether oxygens (including phenoxy) is 1. The molecule has 3 aliphatic rings. The van der Waals surface area contributed by atoms with Gasteiger partial charge in [-0.1, -0.05) is 19.9 Å². The van der Waals surface area contributed by atoms with Crippen LogP contribution in [-0.4, -0.2) is 37.2 Å². The first-order valence-corrected chi connectivity index (χ1v) is 10.2. The van der Waals surface area contributed by atoms with Crippen LogP contribution in [0.15, 0.2) is 34.8 Å². The average Bonchev–Trinajstić information content (AvgIpc) is 2.67. The smallest absolute Gasteiger partial charge is 0.422 e. The Labute approximate surface area is 173 Å². The van der Waals surface area contributed by atoms with E-state index in [2.05, 4.69) is 24.5 Å². The fourth-order valence-corrected chi connectivity index (χ4v) is 4.15. The van der Waals surface area contributed by atoms with Crippen LogP contribution in [0.5, 0.6) is 0 Å². The summed E-state index contributed by atoms with van der Waals surface area (Å²) in [7, 11) is 0. The first kappa shape index (κ1) is 22.4. The Hall–Kier alpha value is -2.29. The van der Waals surface area contributed by atoms with Gasteiger partial charge in [0.15, 0.2) is 0 Å². The molecule has 3 rings (SSSR count). The minimum Gasteiger partial charge on any atom is -0.422 e. The summed E-state index contributed by atoms with van der Waals surface area (Å²) in [5.41, 5.74) is 7.16. The monoisotopic (exact) mass is 427 g/mol. The number of nitrogens with two attached hydrogens (primary N) is 1. The van der Waals surface area contributed by atoms with Crippen LogP contribution in [0, 0.1) is 11.3 Å². The van der Waals surface area contributed by atoms with E-state index >= 15 is 0 Å². The van der Waals surface area contributed by atoms with Crippen molar-refractivity contribution in [1.82, 2.24) is 10.6 Å². The van der Waals surface area contributed by atoms with Gasteiger partial charge in [-0.05, 0) is 62.3 Å². The van der Waals surface area contributed by atoms with Crippen LogP contribution in [-0.2, 0) is 14.3 Å². The Morgan fingerprint density at radius 3 is 2.43 bits per heavy atom. The minimum atomic E-state index is -5.14. The highest BCUT2D eigenvalue weighted by atomic mass is 19.4. The summed E-state index contributed by atoms with van der Waals surface area (Å²) >= 11 is 0. The number of hydrogen-bond donors (Lipinski definition) is 3. The maximum Gasteiger partial charge on any atom is 0.491 e. The largest absolute Gasteiger partial charge is 0.491 e. The number of hydrogen-bond acceptors (Lipinski definition) is 5. The summed E-state index contributed by atoms with van der Waals surface area (Å²) in [6.07, 6.45) is 1.86. The number of esters is 1. The first-order chi connectivity index (χ1) is 14.0. The predicted molar refractivity (Wildman–Crippen MR) is 105 cm³/mol. The summed E-state index contributed by atoms with van der Waals surface area (Å²) in [6.45, 7) is 5.78. The van der Waals surface area contributed by atoms with E-state index in [1.165, 1.54) is 6.08 Å². The van der Waals surface area contributed by atoms with Gasteiger partial charge in [0.2, 0.25) is 0 Å². The predicted octanol–water partition coefficient (Wildman–Crippen LogP) is 2.82. The summed E-state index contributed by atoms with van der Waals surface area (Å²) in [5, 5.41) is 6.47. The van der Waals surface area contributed by atoms with Crippen molar-refractivity contribution in [1.29, 1.82) is 0 Å². The molecule has 0 bridgehead atoms. The highest BCUT2D eigenvalue weighted by molar-refractivity contribution is 5.96. The molecule has 1 unspecified atom stereocenters. The van der Waals surface area contributed by atoms with E-state index in [0.717, 1.165) is 44.3 Å². The molecule has 1 amide bonds. The molecule has 0 aromatic heterocycles. The van der Waals surface area contributed by atoms with Crippen molar-refractivity contribution in [3.8, 4) is 0 Å². The van der Waals surface area contributed by atoms with E-state index in [0.29, 0.717) is 12.1 Å². The molecule has 0 saturated carbocycles. The number of rotatable bonds is 4. The van der Waals surface area contributed by atoms with Gasteiger partial charge in [-0.15, -0.1) is 0 Å².